The smallest absolute Gasteiger partial charge is 0.436 e. The number of aromatic amines is 1. The summed E-state index contributed by atoms with van der Waals surface area (Å²) in [5, 5.41) is 14.5. The number of hydrogen-bond donors (Lipinski definition) is 1. The molecule has 1 atom stereocenters. The molecule has 1 unspecified atom stereocenters. The molecule has 1 N–H and O–H groups in total. The summed E-state index contributed by atoms with van der Waals surface area (Å²) in [6.07, 6.45) is 0.712. The van der Waals surface area contributed by atoms with Crippen LogP contribution >= 0.6 is 0 Å². The lowest BCUT2D eigenvalue weighted by Gasteiger charge is -2.08. The molecule has 0 saturated carbocycles. The first kappa shape index (κ1) is 14.8. The number of benzene rings is 1. The summed E-state index contributed by atoms with van der Waals surface area (Å²) in [5.74, 6) is 0.0672. The molecule has 112 valence electrons. The highest BCUT2D eigenvalue weighted by molar-refractivity contribution is 5.86. The van der Waals surface area contributed by atoms with Crippen molar-refractivity contribution in [2.24, 2.45) is 4.99 Å². The number of hydrogen-bond acceptors (Lipinski definition) is 5. The van der Waals surface area contributed by atoms with E-state index in [0.717, 1.165) is 0 Å². The van der Waals surface area contributed by atoms with Crippen LogP contribution in [0.4, 0.5) is 0 Å². The number of ether oxygens (including phenoxy) is 1. The molecule has 1 heterocycles. The van der Waals surface area contributed by atoms with Crippen LogP contribution in [0.1, 0.15) is 26.0 Å². The summed E-state index contributed by atoms with van der Waals surface area (Å²) < 4.78 is 11.1. The second-order valence-corrected chi connectivity index (χ2v) is 4.55. The van der Waals surface area contributed by atoms with Gasteiger partial charge in [-0.1, -0.05) is 6.92 Å². The highest BCUT2D eigenvalue weighted by atomic mass is 16.5. The van der Waals surface area contributed by atoms with E-state index in [0.29, 0.717) is 17.9 Å². The van der Waals surface area contributed by atoms with Gasteiger partial charge in [-0.3, -0.25) is 9.52 Å². The molecule has 0 aliphatic carbocycles. The first-order valence-corrected chi connectivity index (χ1v) is 6.60. The maximum absolute atomic E-state index is 12.1. The minimum atomic E-state index is -0.747. The first-order valence-electron chi connectivity index (χ1n) is 6.60. The van der Waals surface area contributed by atoms with Gasteiger partial charge in [-0.15, -0.1) is 0 Å². The minimum Gasteiger partial charge on any atom is -0.854 e. The van der Waals surface area contributed by atoms with Crippen LogP contribution in [0.5, 0.6) is 5.75 Å². The Morgan fingerprint density at radius 2 is 2.14 bits per heavy atom. The number of nitrogens with zero attached hydrogens (tertiary/aromatic N) is 2. The number of aromatic nitrogens is 2. The average Bonchev–Trinajstić information content (AvgIpc) is 2.89. The zero-order valence-electron chi connectivity index (χ0n) is 12.1. The van der Waals surface area contributed by atoms with Gasteiger partial charge in [-0.05, 0) is 35.4 Å². The number of H-pyrrole nitrogens is 1. The van der Waals surface area contributed by atoms with Gasteiger partial charge in [0.1, 0.15) is 5.75 Å². The maximum atomic E-state index is 12.1. The van der Waals surface area contributed by atoms with Crippen molar-refractivity contribution in [1.82, 2.24) is 5.27 Å². The molecule has 7 nitrogen and oxygen atoms in total. The summed E-state index contributed by atoms with van der Waals surface area (Å²) >= 11 is 0. The van der Waals surface area contributed by atoms with Crippen LogP contribution in [-0.4, -0.2) is 24.3 Å². The Hall–Kier alpha value is -2.57. The molecule has 7 heteroatoms. The van der Waals surface area contributed by atoms with E-state index in [-0.39, 0.29) is 11.7 Å². The molecule has 0 aliphatic heterocycles. The molecule has 0 bridgehead atoms. The number of aliphatic imine (C=N–C) groups is 1. The average molecular weight is 291 g/mol. The predicted molar refractivity (Wildman–Crippen MR) is 73.7 cm³/mol. The zero-order valence-corrected chi connectivity index (χ0v) is 12.1. The van der Waals surface area contributed by atoms with Crippen LogP contribution in [0.25, 0.3) is 5.69 Å². The van der Waals surface area contributed by atoms with Gasteiger partial charge >= 0.3 is 11.3 Å². The highest BCUT2D eigenvalue weighted by Crippen LogP contribution is 2.11. The van der Waals surface area contributed by atoms with Gasteiger partial charge in [-0.25, -0.2) is 4.79 Å². The van der Waals surface area contributed by atoms with Crippen LogP contribution in [0.2, 0.25) is 0 Å². The minimum absolute atomic E-state index is 0.152. The van der Waals surface area contributed by atoms with Crippen LogP contribution in [0, 0.1) is 0 Å². The lowest BCUT2D eigenvalue weighted by molar-refractivity contribution is -0.673. The summed E-state index contributed by atoms with van der Waals surface area (Å²) in [7, 11) is 1.56. The lowest BCUT2D eigenvalue weighted by atomic mass is 10.2. The Labute approximate surface area is 121 Å². The van der Waals surface area contributed by atoms with Crippen molar-refractivity contribution in [3.8, 4) is 11.4 Å². The van der Waals surface area contributed by atoms with Crippen molar-refractivity contribution >= 4 is 5.90 Å². The summed E-state index contributed by atoms with van der Waals surface area (Å²) in [4.78, 5) is 15.7. The molecule has 0 aliphatic rings. The van der Waals surface area contributed by atoms with E-state index in [1.54, 1.807) is 31.4 Å². The van der Waals surface area contributed by atoms with Crippen molar-refractivity contribution < 1.29 is 19.0 Å². The third-order valence-electron chi connectivity index (χ3n) is 3.11. The Balaban J connectivity index is 2.46. The van der Waals surface area contributed by atoms with E-state index in [9.17, 15) is 9.90 Å². The van der Waals surface area contributed by atoms with Gasteiger partial charge in [0.15, 0.2) is 0 Å². The van der Waals surface area contributed by atoms with Gasteiger partial charge in [0.05, 0.1) is 13.0 Å². The normalized spacial score (nSPS) is 13.2. The molecule has 0 amide bonds. The van der Waals surface area contributed by atoms with Crippen LogP contribution in [-0.2, 0) is 0 Å². The van der Waals surface area contributed by atoms with Gasteiger partial charge in [0.2, 0.25) is 5.69 Å². The summed E-state index contributed by atoms with van der Waals surface area (Å²) in [6.45, 7) is 3.72. The Morgan fingerprint density at radius 1 is 1.48 bits per heavy atom. The van der Waals surface area contributed by atoms with E-state index in [1.165, 1.54) is 4.68 Å². The number of rotatable bonds is 5. The first-order chi connectivity index (χ1) is 10.1. The molecule has 0 radical (unpaired) electrons. The molecular formula is C14H17N3O4. The molecule has 0 saturated heterocycles. The summed E-state index contributed by atoms with van der Waals surface area (Å²) in [5.41, 5.74) is -0.326. The Bertz CT molecular complexity index is 685. The standard InChI is InChI=1S/C14H17N3O4/c1-4-9(2)15-13(18)12-14(19)21-16-17(12)10-5-7-11(20-3)8-6-10/h5-9H,4H2,1-3H3,(H-,15,16,18,19). The molecule has 1 aromatic carbocycles. The van der Waals surface area contributed by atoms with Crippen molar-refractivity contribution in [1.29, 1.82) is 0 Å². The van der Waals surface area contributed by atoms with Crippen molar-refractivity contribution in [3.05, 3.63) is 40.4 Å². The van der Waals surface area contributed by atoms with Gasteiger partial charge in [-0.2, -0.15) is 0 Å². The van der Waals surface area contributed by atoms with E-state index < -0.39 is 11.5 Å². The Kier molecular flexibility index (Phi) is 4.42. The van der Waals surface area contributed by atoms with Gasteiger partial charge in [0.25, 0.3) is 0 Å². The molecule has 2 aromatic rings. The third kappa shape index (κ3) is 3.13. The van der Waals surface area contributed by atoms with Gasteiger partial charge < -0.3 is 9.84 Å². The van der Waals surface area contributed by atoms with E-state index in [2.05, 4.69) is 10.3 Å². The van der Waals surface area contributed by atoms with Crippen LogP contribution < -0.4 is 20.2 Å². The Morgan fingerprint density at radius 3 is 2.71 bits per heavy atom. The fourth-order valence-electron chi connectivity index (χ4n) is 1.72. The maximum Gasteiger partial charge on any atom is 0.436 e. The topological polar surface area (TPSA) is 94.5 Å². The lowest BCUT2D eigenvalue weighted by Crippen LogP contribution is -2.45. The largest absolute Gasteiger partial charge is 0.854 e. The van der Waals surface area contributed by atoms with Crippen molar-refractivity contribution in [2.45, 2.75) is 26.3 Å². The fourth-order valence-corrected chi connectivity index (χ4v) is 1.72. The van der Waals surface area contributed by atoms with E-state index in [1.807, 2.05) is 13.8 Å². The van der Waals surface area contributed by atoms with E-state index in [4.69, 9.17) is 9.26 Å². The van der Waals surface area contributed by atoms with Crippen LogP contribution in [0.3, 0.4) is 0 Å². The predicted octanol–water partition coefficient (Wildman–Crippen LogP) is 0.159. The van der Waals surface area contributed by atoms with Crippen molar-refractivity contribution in [2.75, 3.05) is 7.11 Å². The highest BCUT2D eigenvalue weighted by Gasteiger charge is 2.24. The molecular weight excluding hydrogens is 274 g/mol. The molecule has 1 aromatic heterocycles. The molecule has 0 spiro atoms. The van der Waals surface area contributed by atoms with Gasteiger partial charge in [0, 0.05) is 18.2 Å². The summed E-state index contributed by atoms with van der Waals surface area (Å²) in [6, 6.07) is 6.67. The second kappa shape index (κ2) is 6.25. The number of methoxy groups -OCH3 is 1. The van der Waals surface area contributed by atoms with Crippen LogP contribution in [0.15, 0.2) is 38.6 Å². The monoisotopic (exact) mass is 291 g/mol. The second-order valence-electron chi connectivity index (χ2n) is 4.55. The molecule has 0 fully saturated rings. The SMILES string of the molecule is CCC(C)N=C([O-])c1c(=O)o[nH][n+]1-c1ccc(OC)cc1. The third-order valence-corrected chi connectivity index (χ3v) is 3.11. The molecule has 2 rings (SSSR count). The number of nitrogens with one attached hydrogen (secondary N) is 1. The molecule has 21 heavy (non-hydrogen) atoms. The fraction of sp³-hybridized carbons (Fsp3) is 0.357. The quantitative estimate of drug-likeness (QED) is 0.482. The zero-order chi connectivity index (χ0) is 15.4. The van der Waals surface area contributed by atoms with E-state index >= 15 is 0 Å². The van der Waals surface area contributed by atoms with Crippen molar-refractivity contribution in [3.63, 3.8) is 0 Å².